The molecule has 1 N–H and O–H groups in total. The van der Waals surface area contributed by atoms with E-state index in [1.165, 1.54) is 18.3 Å². The number of benzene rings is 1. The summed E-state index contributed by atoms with van der Waals surface area (Å²) in [5.74, 6) is -0.149. The van der Waals surface area contributed by atoms with E-state index in [0.717, 1.165) is 5.56 Å². The average molecular weight is 371 g/mol. The van der Waals surface area contributed by atoms with Crippen molar-refractivity contribution < 1.29 is 14.0 Å². The number of nitrogens with zero attached hydrogens (tertiary/aromatic N) is 4. The van der Waals surface area contributed by atoms with Crippen LogP contribution in [0, 0.1) is 17.7 Å². The standard InChI is InChI=1S/C19H22FN5O2/c1-23(2)19(27)25-10-14-9-24(18(26)13-7-21-22-8-13)11-16(14)17(25)12-4-3-5-15(20)6-12/h3-8,14,16-17H,9-11H2,1-2H3,(H,21,22)/t14-,16-,17-/m1/s1. The molecule has 0 bridgehead atoms. The van der Waals surface area contributed by atoms with Gasteiger partial charge in [0.05, 0.1) is 17.8 Å². The summed E-state index contributed by atoms with van der Waals surface area (Å²) in [5.41, 5.74) is 1.30. The fraction of sp³-hybridized carbons (Fsp3) is 0.421. The maximum Gasteiger partial charge on any atom is 0.320 e. The molecule has 7 nitrogen and oxygen atoms in total. The summed E-state index contributed by atoms with van der Waals surface area (Å²) in [6, 6.07) is 6.07. The van der Waals surface area contributed by atoms with Crippen LogP contribution in [0.1, 0.15) is 22.0 Å². The van der Waals surface area contributed by atoms with Gasteiger partial charge in [0.2, 0.25) is 0 Å². The van der Waals surface area contributed by atoms with E-state index in [-0.39, 0.29) is 35.6 Å². The minimum Gasteiger partial charge on any atom is -0.338 e. The number of aromatic nitrogens is 2. The molecule has 2 aromatic rings. The zero-order valence-electron chi connectivity index (χ0n) is 15.3. The molecule has 0 aliphatic carbocycles. The van der Waals surface area contributed by atoms with E-state index in [1.807, 2.05) is 15.9 Å². The van der Waals surface area contributed by atoms with Crippen molar-refractivity contribution in [3.8, 4) is 0 Å². The average Bonchev–Trinajstić information content (AvgIpc) is 3.35. The highest BCUT2D eigenvalue weighted by Gasteiger charge is 2.50. The van der Waals surface area contributed by atoms with Crippen molar-refractivity contribution in [1.82, 2.24) is 24.9 Å². The summed E-state index contributed by atoms with van der Waals surface area (Å²) in [7, 11) is 3.43. The topological polar surface area (TPSA) is 72.5 Å². The highest BCUT2D eigenvalue weighted by Crippen LogP contribution is 2.45. The lowest BCUT2D eigenvalue weighted by Crippen LogP contribution is -2.42. The maximum absolute atomic E-state index is 13.9. The fourth-order valence-corrected chi connectivity index (χ4v) is 4.33. The number of halogens is 1. The Kier molecular flexibility index (Phi) is 4.33. The monoisotopic (exact) mass is 371 g/mol. The molecule has 1 aromatic heterocycles. The first-order valence-electron chi connectivity index (χ1n) is 8.97. The molecule has 3 atom stereocenters. The molecule has 8 heteroatoms. The lowest BCUT2D eigenvalue weighted by atomic mass is 9.89. The minimum absolute atomic E-state index is 0.0679. The summed E-state index contributed by atoms with van der Waals surface area (Å²) >= 11 is 0. The van der Waals surface area contributed by atoms with Gasteiger partial charge in [-0.2, -0.15) is 5.10 Å². The second-order valence-electron chi connectivity index (χ2n) is 7.45. The van der Waals surface area contributed by atoms with Gasteiger partial charge in [0.15, 0.2) is 0 Å². The van der Waals surface area contributed by atoms with Gasteiger partial charge in [-0.1, -0.05) is 12.1 Å². The zero-order chi connectivity index (χ0) is 19.1. The summed E-state index contributed by atoms with van der Waals surface area (Å²) in [4.78, 5) is 30.6. The number of rotatable bonds is 2. The van der Waals surface area contributed by atoms with Crippen LogP contribution in [-0.4, -0.2) is 70.6 Å². The van der Waals surface area contributed by atoms with E-state index in [1.54, 1.807) is 31.3 Å². The quantitative estimate of drug-likeness (QED) is 0.877. The molecule has 3 amide bonds. The zero-order valence-corrected chi connectivity index (χ0v) is 15.3. The Morgan fingerprint density at radius 2 is 2.07 bits per heavy atom. The van der Waals surface area contributed by atoms with Crippen molar-refractivity contribution in [2.75, 3.05) is 33.7 Å². The third-order valence-electron chi connectivity index (χ3n) is 5.51. The summed E-state index contributed by atoms with van der Waals surface area (Å²) in [6.07, 6.45) is 3.10. The number of carbonyl (C=O) groups excluding carboxylic acids is 2. The molecule has 27 heavy (non-hydrogen) atoms. The Hall–Kier alpha value is -2.90. The Balaban J connectivity index is 1.63. The number of likely N-dealkylation sites (tertiary alicyclic amines) is 2. The van der Waals surface area contributed by atoms with E-state index in [4.69, 9.17) is 0 Å². The molecule has 2 fully saturated rings. The number of urea groups is 1. The highest BCUT2D eigenvalue weighted by molar-refractivity contribution is 5.94. The van der Waals surface area contributed by atoms with Gasteiger partial charge in [-0.25, -0.2) is 9.18 Å². The predicted octanol–water partition coefficient (Wildman–Crippen LogP) is 1.98. The van der Waals surface area contributed by atoms with E-state index in [2.05, 4.69) is 10.2 Å². The van der Waals surface area contributed by atoms with Gasteiger partial charge in [-0.3, -0.25) is 9.89 Å². The summed E-state index contributed by atoms with van der Waals surface area (Å²) in [6.45, 7) is 1.67. The summed E-state index contributed by atoms with van der Waals surface area (Å²) in [5, 5.41) is 6.50. The van der Waals surface area contributed by atoms with Crippen LogP contribution >= 0.6 is 0 Å². The SMILES string of the molecule is CN(C)C(=O)N1C[C@H]2CN(C(=O)c3cn[nH]c3)C[C@H]2[C@H]1c1cccc(F)c1. The van der Waals surface area contributed by atoms with E-state index in [0.29, 0.717) is 25.2 Å². The molecule has 1 aromatic carbocycles. The number of fused-ring (bicyclic) bond motifs is 1. The summed E-state index contributed by atoms with van der Waals surface area (Å²) < 4.78 is 13.9. The van der Waals surface area contributed by atoms with Gasteiger partial charge in [0, 0.05) is 51.8 Å². The van der Waals surface area contributed by atoms with Crippen LogP contribution in [0.5, 0.6) is 0 Å². The number of aromatic amines is 1. The lowest BCUT2D eigenvalue weighted by molar-refractivity contribution is 0.0766. The minimum atomic E-state index is -0.322. The highest BCUT2D eigenvalue weighted by atomic mass is 19.1. The van der Waals surface area contributed by atoms with E-state index < -0.39 is 0 Å². The van der Waals surface area contributed by atoms with Gasteiger partial charge >= 0.3 is 6.03 Å². The number of H-pyrrole nitrogens is 1. The van der Waals surface area contributed by atoms with Crippen LogP contribution in [-0.2, 0) is 0 Å². The van der Waals surface area contributed by atoms with Gasteiger partial charge in [-0.05, 0) is 17.7 Å². The molecule has 2 aliphatic rings. The number of hydrogen-bond donors (Lipinski definition) is 1. The molecule has 2 saturated heterocycles. The fourth-order valence-electron chi connectivity index (χ4n) is 4.33. The second-order valence-corrected chi connectivity index (χ2v) is 7.45. The Morgan fingerprint density at radius 3 is 2.74 bits per heavy atom. The molecule has 0 saturated carbocycles. The molecular formula is C19H22FN5O2. The van der Waals surface area contributed by atoms with Crippen molar-refractivity contribution in [1.29, 1.82) is 0 Å². The predicted molar refractivity (Wildman–Crippen MR) is 96.4 cm³/mol. The maximum atomic E-state index is 13.9. The van der Waals surface area contributed by atoms with Crippen LogP contribution in [0.15, 0.2) is 36.7 Å². The van der Waals surface area contributed by atoms with Crippen molar-refractivity contribution >= 4 is 11.9 Å². The molecule has 0 radical (unpaired) electrons. The Morgan fingerprint density at radius 1 is 1.26 bits per heavy atom. The molecule has 142 valence electrons. The molecule has 0 spiro atoms. The van der Waals surface area contributed by atoms with Crippen LogP contribution in [0.25, 0.3) is 0 Å². The third kappa shape index (κ3) is 3.05. The lowest BCUT2D eigenvalue weighted by Gasteiger charge is -2.31. The number of amides is 3. The number of hydrogen-bond acceptors (Lipinski definition) is 3. The van der Waals surface area contributed by atoms with Crippen molar-refractivity contribution in [3.05, 3.63) is 53.6 Å². The third-order valence-corrected chi connectivity index (χ3v) is 5.51. The first-order valence-corrected chi connectivity index (χ1v) is 8.97. The van der Waals surface area contributed by atoms with Crippen LogP contribution < -0.4 is 0 Å². The molecule has 4 rings (SSSR count). The molecule has 0 unspecified atom stereocenters. The molecular weight excluding hydrogens is 349 g/mol. The number of nitrogens with one attached hydrogen (secondary N) is 1. The Bertz CT molecular complexity index is 854. The van der Waals surface area contributed by atoms with E-state index in [9.17, 15) is 14.0 Å². The second kappa shape index (κ2) is 6.68. The molecule has 2 aliphatic heterocycles. The van der Waals surface area contributed by atoms with Crippen LogP contribution in [0.4, 0.5) is 9.18 Å². The molecule has 3 heterocycles. The smallest absolute Gasteiger partial charge is 0.320 e. The van der Waals surface area contributed by atoms with Gasteiger partial charge in [0.1, 0.15) is 5.82 Å². The van der Waals surface area contributed by atoms with Crippen molar-refractivity contribution in [2.45, 2.75) is 6.04 Å². The van der Waals surface area contributed by atoms with Gasteiger partial charge in [-0.15, -0.1) is 0 Å². The largest absolute Gasteiger partial charge is 0.338 e. The van der Waals surface area contributed by atoms with Gasteiger partial charge in [0.25, 0.3) is 5.91 Å². The van der Waals surface area contributed by atoms with Gasteiger partial charge < -0.3 is 14.7 Å². The first-order chi connectivity index (χ1) is 13.0. The van der Waals surface area contributed by atoms with Crippen molar-refractivity contribution in [2.24, 2.45) is 11.8 Å². The van der Waals surface area contributed by atoms with Crippen molar-refractivity contribution in [3.63, 3.8) is 0 Å². The normalized spacial score (nSPS) is 24.2. The number of carbonyl (C=O) groups is 2. The van der Waals surface area contributed by atoms with E-state index >= 15 is 0 Å². The van der Waals surface area contributed by atoms with Crippen LogP contribution in [0.2, 0.25) is 0 Å². The van der Waals surface area contributed by atoms with Crippen LogP contribution in [0.3, 0.4) is 0 Å². The Labute approximate surface area is 156 Å². The first kappa shape index (κ1) is 17.5.